The highest BCUT2D eigenvalue weighted by atomic mass is 32.1. The smallest absolute Gasteiger partial charge is 0.255 e. The molecule has 1 fully saturated rings. The van der Waals surface area contributed by atoms with Gasteiger partial charge in [0.1, 0.15) is 18.3 Å². The van der Waals surface area contributed by atoms with Crippen molar-refractivity contribution in [3.63, 3.8) is 0 Å². The van der Waals surface area contributed by atoms with Crippen LogP contribution in [0.4, 0.5) is 5.69 Å². The third-order valence-corrected chi connectivity index (χ3v) is 6.35. The predicted molar refractivity (Wildman–Crippen MR) is 113 cm³/mol. The van der Waals surface area contributed by atoms with Crippen molar-refractivity contribution < 1.29 is 14.4 Å². The van der Waals surface area contributed by atoms with Crippen LogP contribution >= 0.6 is 11.3 Å². The molecule has 0 spiro atoms. The van der Waals surface area contributed by atoms with Crippen LogP contribution in [0.3, 0.4) is 0 Å². The van der Waals surface area contributed by atoms with Gasteiger partial charge in [-0.1, -0.05) is 18.2 Å². The molecule has 3 aromatic rings. The van der Waals surface area contributed by atoms with Crippen molar-refractivity contribution in [3.8, 4) is 5.75 Å². The molecule has 0 bridgehead atoms. The number of anilines is 1. The van der Waals surface area contributed by atoms with Crippen LogP contribution in [0.2, 0.25) is 0 Å². The molecule has 1 aliphatic rings. The second-order valence-corrected chi connectivity index (χ2v) is 8.15. The Labute approximate surface area is 169 Å². The fourth-order valence-corrected chi connectivity index (χ4v) is 4.79. The van der Waals surface area contributed by atoms with Crippen molar-refractivity contribution >= 4 is 22.9 Å². The van der Waals surface area contributed by atoms with Gasteiger partial charge < -0.3 is 15.0 Å². The van der Waals surface area contributed by atoms with E-state index < -0.39 is 0 Å². The highest BCUT2D eigenvalue weighted by Crippen LogP contribution is 2.24. The van der Waals surface area contributed by atoms with E-state index in [1.807, 2.05) is 47.7 Å². The zero-order valence-corrected chi connectivity index (χ0v) is 16.8. The fraction of sp³-hybridized carbons (Fsp3) is 0.261. The maximum atomic E-state index is 12.5. The Kier molecular flexibility index (Phi) is 5.74. The number of nitrogens with one attached hydrogen (secondary N) is 2. The minimum atomic E-state index is -0.0956. The molecule has 2 atom stereocenters. The van der Waals surface area contributed by atoms with E-state index in [9.17, 15) is 4.79 Å². The maximum absolute atomic E-state index is 12.5. The quantitative estimate of drug-likeness (QED) is 0.666. The molecule has 144 valence electrons. The molecule has 2 heterocycles. The number of carbonyl (C=O) groups is 1. The Bertz CT molecular complexity index is 905. The highest BCUT2D eigenvalue weighted by molar-refractivity contribution is 7.10. The first-order valence-corrected chi connectivity index (χ1v) is 10.5. The van der Waals surface area contributed by atoms with Gasteiger partial charge in [0.25, 0.3) is 5.91 Å². The van der Waals surface area contributed by atoms with Gasteiger partial charge in [0.15, 0.2) is 0 Å². The molecule has 0 radical (unpaired) electrons. The summed E-state index contributed by atoms with van der Waals surface area (Å²) in [6.45, 7) is 2.21. The SMILES string of the molecule is COc1ccc(NC(=O)c2ccc(C[NH+]3CCC[C@@H]3c3cccs3)cc2)cc1. The number of hydrogen-bond acceptors (Lipinski definition) is 3. The molecular weight excluding hydrogens is 368 g/mol. The van der Waals surface area contributed by atoms with Crippen molar-refractivity contribution in [2.45, 2.75) is 25.4 Å². The molecule has 0 aliphatic carbocycles. The van der Waals surface area contributed by atoms with Gasteiger partial charge >= 0.3 is 0 Å². The molecule has 4 rings (SSSR count). The average molecular weight is 394 g/mol. The molecule has 2 N–H and O–H groups in total. The van der Waals surface area contributed by atoms with Crippen molar-refractivity contribution in [1.29, 1.82) is 0 Å². The summed E-state index contributed by atoms with van der Waals surface area (Å²) in [5, 5.41) is 5.10. The van der Waals surface area contributed by atoms with Crippen LogP contribution in [0.25, 0.3) is 0 Å². The predicted octanol–water partition coefficient (Wildman–Crippen LogP) is 3.93. The molecule has 28 heavy (non-hydrogen) atoms. The van der Waals surface area contributed by atoms with Crippen molar-refractivity contribution in [3.05, 3.63) is 82.0 Å². The van der Waals surface area contributed by atoms with Gasteiger partial charge in [0.05, 0.1) is 18.5 Å². The van der Waals surface area contributed by atoms with Gasteiger partial charge in [-0.25, -0.2) is 0 Å². The topological polar surface area (TPSA) is 42.8 Å². The van der Waals surface area contributed by atoms with Gasteiger partial charge in [0.2, 0.25) is 0 Å². The monoisotopic (exact) mass is 393 g/mol. The Morgan fingerprint density at radius 2 is 1.93 bits per heavy atom. The van der Waals surface area contributed by atoms with Crippen LogP contribution in [-0.4, -0.2) is 19.6 Å². The standard InChI is InChI=1S/C23H24N2O2S/c1-27-20-12-10-19(11-13-20)24-23(26)18-8-6-17(7-9-18)16-25-14-2-4-21(25)22-5-3-15-28-22/h3,5-13,15,21H,2,4,14,16H2,1H3,(H,24,26)/p+1/t21-/m1/s1. The molecular formula is C23H25N2O2S+. The Morgan fingerprint density at radius 3 is 2.61 bits per heavy atom. The summed E-state index contributed by atoms with van der Waals surface area (Å²) < 4.78 is 5.14. The summed E-state index contributed by atoms with van der Waals surface area (Å²) in [6.07, 6.45) is 2.54. The summed E-state index contributed by atoms with van der Waals surface area (Å²) in [4.78, 5) is 15.6. The number of thiophene rings is 1. The lowest BCUT2D eigenvalue weighted by Crippen LogP contribution is -3.08. The first-order valence-electron chi connectivity index (χ1n) is 9.65. The van der Waals surface area contributed by atoms with Crippen molar-refractivity contribution in [2.24, 2.45) is 0 Å². The minimum Gasteiger partial charge on any atom is -0.497 e. The molecule has 4 nitrogen and oxygen atoms in total. The van der Waals surface area contributed by atoms with Crippen molar-refractivity contribution in [1.82, 2.24) is 0 Å². The summed E-state index contributed by atoms with van der Waals surface area (Å²) in [5.74, 6) is 0.675. The number of methoxy groups -OCH3 is 1. The zero-order chi connectivity index (χ0) is 19.3. The summed E-state index contributed by atoms with van der Waals surface area (Å²) in [5.41, 5.74) is 2.71. The summed E-state index contributed by atoms with van der Waals surface area (Å²) >= 11 is 1.86. The molecule has 1 unspecified atom stereocenters. The lowest BCUT2D eigenvalue weighted by atomic mass is 10.1. The Hall–Kier alpha value is -2.63. The van der Waals surface area contributed by atoms with Crippen LogP contribution in [0.1, 0.15) is 39.7 Å². The van der Waals surface area contributed by atoms with E-state index in [0.717, 1.165) is 18.0 Å². The van der Waals surface area contributed by atoms with E-state index in [4.69, 9.17) is 4.74 Å². The number of carbonyl (C=O) groups excluding carboxylic acids is 1. The molecule has 1 saturated heterocycles. The molecule has 2 aromatic carbocycles. The van der Waals surface area contributed by atoms with Gasteiger partial charge in [-0.15, -0.1) is 11.3 Å². The summed E-state index contributed by atoms with van der Waals surface area (Å²) in [6, 6.07) is 20.4. The number of quaternary nitrogens is 1. The number of benzene rings is 2. The summed E-state index contributed by atoms with van der Waals surface area (Å²) in [7, 11) is 1.63. The minimum absolute atomic E-state index is 0.0956. The largest absolute Gasteiger partial charge is 0.497 e. The zero-order valence-electron chi connectivity index (χ0n) is 16.0. The number of likely N-dealkylation sites (tertiary alicyclic amines) is 1. The molecule has 1 aliphatic heterocycles. The van der Waals surface area contributed by atoms with E-state index >= 15 is 0 Å². The third-order valence-electron chi connectivity index (χ3n) is 5.37. The maximum Gasteiger partial charge on any atom is 0.255 e. The van der Waals surface area contributed by atoms with Crippen LogP contribution in [0.15, 0.2) is 66.0 Å². The molecule has 5 heteroatoms. The van der Waals surface area contributed by atoms with Crippen molar-refractivity contribution in [2.75, 3.05) is 19.0 Å². The molecule has 1 aromatic heterocycles. The van der Waals surface area contributed by atoms with Crippen LogP contribution in [0, 0.1) is 0 Å². The van der Waals surface area contributed by atoms with Crippen LogP contribution in [0.5, 0.6) is 5.75 Å². The van der Waals surface area contributed by atoms with Crippen LogP contribution in [-0.2, 0) is 6.54 Å². The van der Waals surface area contributed by atoms with Gasteiger partial charge in [-0.2, -0.15) is 0 Å². The number of amides is 1. The normalized spacial score (nSPS) is 18.8. The van der Waals surface area contributed by atoms with Crippen LogP contribution < -0.4 is 15.0 Å². The fourth-order valence-electron chi connectivity index (χ4n) is 3.87. The van der Waals surface area contributed by atoms with E-state index in [-0.39, 0.29) is 5.91 Å². The molecule has 1 amide bonds. The van der Waals surface area contributed by atoms with E-state index in [1.165, 1.54) is 29.8 Å². The van der Waals surface area contributed by atoms with E-state index in [0.29, 0.717) is 11.6 Å². The van der Waals surface area contributed by atoms with Gasteiger partial charge in [-0.05, 0) is 47.8 Å². The van der Waals surface area contributed by atoms with E-state index in [1.54, 1.807) is 12.0 Å². The number of hydrogen-bond donors (Lipinski definition) is 2. The third kappa shape index (κ3) is 4.26. The lowest BCUT2D eigenvalue weighted by Gasteiger charge is -2.20. The first-order chi connectivity index (χ1) is 13.7. The second kappa shape index (κ2) is 8.59. The number of rotatable bonds is 6. The Balaban J connectivity index is 1.38. The Morgan fingerprint density at radius 1 is 1.14 bits per heavy atom. The first kappa shape index (κ1) is 18.7. The highest BCUT2D eigenvalue weighted by Gasteiger charge is 2.30. The average Bonchev–Trinajstić information content (AvgIpc) is 3.41. The van der Waals surface area contributed by atoms with Gasteiger partial charge in [-0.3, -0.25) is 4.79 Å². The van der Waals surface area contributed by atoms with Gasteiger partial charge in [0, 0.05) is 29.7 Å². The number of ether oxygens (including phenoxy) is 1. The lowest BCUT2D eigenvalue weighted by molar-refractivity contribution is -0.931. The second-order valence-electron chi connectivity index (χ2n) is 7.17. The van der Waals surface area contributed by atoms with E-state index in [2.05, 4.69) is 35.0 Å². The molecule has 0 saturated carbocycles.